The van der Waals surface area contributed by atoms with Gasteiger partial charge in [0, 0.05) is 21.3 Å². The van der Waals surface area contributed by atoms with Crippen LogP contribution in [-0.2, 0) is 19.1 Å². The second kappa shape index (κ2) is 10.5. The van der Waals surface area contributed by atoms with E-state index in [1.54, 1.807) is 13.8 Å². The van der Waals surface area contributed by atoms with Crippen molar-refractivity contribution < 1.29 is 19.1 Å². The molecule has 7 heteroatoms. The fraction of sp³-hybridized carbons (Fsp3) is 0.423. The number of nitrogens with one attached hydrogen (secondary N) is 1. The predicted molar refractivity (Wildman–Crippen MR) is 132 cm³/mol. The summed E-state index contributed by atoms with van der Waals surface area (Å²) >= 11 is 3.58. The molecule has 176 valence electrons. The highest BCUT2D eigenvalue weighted by Gasteiger charge is 2.41. The Morgan fingerprint density at radius 1 is 0.939 bits per heavy atom. The zero-order valence-corrected chi connectivity index (χ0v) is 21.6. The van der Waals surface area contributed by atoms with Crippen molar-refractivity contribution in [1.82, 2.24) is 10.3 Å². The summed E-state index contributed by atoms with van der Waals surface area (Å²) in [5, 5.41) is 4.36. The largest absolute Gasteiger partial charge is 0.463 e. The molecule has 2 aromatic rings. The summed E-state index contributed by atoms with van der Waals surface area (Å²) in [5.74, 6) is -1.64. The van der Waals surface area contributed by atoms with Gasteiger partial charge in [-0.05, 0) is 53.7 Å². The average molecular weight is 515 g/mol. The van der Waals surface area contributed by atoms with Crippen LogP contribution in [0.2, 0.25) is 0 Å². The third kappa shape index (κ3) is 4.98. The van der Waals surface area contributed by atoms with Crippen LogP contribution in [0.15, 0.2) is 57.3 Å². The summed E-state index contributed by atoms with van der Waals surface area (Å²) in [7, 11) is 0. The van der Waals surface area contributed by atoms with Gasteiger partial charge >= 0.3 is 11.9 Å². The average Bonchev–Trinajstić information content (AvgIpc) is 2.77. The number of carbonyl (C=O) groups is 2. The number of benzene rings is 1. The van der Waals surface area contributed by atoms with Gasteiger partial charge in [-0.2, -0.15) is 0 Å². The van der Waals surface area contributed by atoms with E-state index < -0.39 is 17.9 Å². The second-order valence-corrected chi connectivity index (χ2v) is 9.37. The molecule has 0 saturated heterocycles. The number of para-hydroxylation sites is 1. The molecule has 1 aliphatic heterocycles. The lowest BCUT2D eigenvalue weighted by Crippen LogP contribution is -2.37. The number of esters is 2. The summed E-state index contributed by atoms with van der Waals surface area (Å²) < 4.78 is 11.8. The summed E-state index contributed by atoms with van der Waals surface area (Å²) in [5.41, 5.74) is 3.64. The zero-order chi connectivity index (χ0) is 24.3. The van der Waals surface area contributed by atoms with Gasteiger partial charge in [0.25, 0.3) is 0 Å². The number of pyridine rings is 1. The van der Waals surface area contributed by atoms with Crippen LogP contribution < -0.4 is 5.32 Å². The molecule has 0 radical (unpaired) electrons. The van der Waals surface area contributed by atoms with E-state index in [2.05, 4.69) is 21.2 Å². The first-order valence-electron chi connectivity index (χ1n) is 11.4. The number of hydrogen-bond acceptors (Lipinski definition) is 6. The third-order valence-corrected chi connectivity index (χ3v) is 6.20. The Morgan fingerprint density at radius 2 is 1.48 bits per heavy atom. The summed E-state index contributed by atoms with van der Waals surface area (Å²) in [4.78, 5) is 31.5. The number of fused-ring (bicyclic) bond motifs is 1. The first-order valence-corrected chi connectivity index (χ1v) is 12.1. The summed E-state index contributed by atoms with van der Waals surface area (Å²) in [6, 6.07) is 9.67. The SMILES string of the molecule is CCOC(=O)C1=C(C(C)C)NC(C(C)C)=C(C(=O)OCC)C1c1ccc2cccc(Br)c2n1. The van der Waals surface area contributed by atoms with Gasteiger partial charge in [0.1, 0.15) is 0 Å². The lowest BCUT2D eigenvalue weighted by Gasteiger charge is -2.35. The normalized spacial score (nSPS) is 14.8. The fourth-order valence-corrected chi connectivity index (χ4v) is 4.57. The van der Waals surface area contributed by atoms with Crippen LogP contribution in [0, 0.1) is 11.8 Å². The van der Waals surface area contributed by atoms with E-state index in [4.69, 9.17) is 14.5 Å². The zero-order valence-electron chi connectivity index (χ0n) is 20.0. The standard InChI is InChI=1S/C26H31BrN2O4/c1-7-32-25(30)20-19(18-13-12-16-10-9-11-17(27)24(16)28-18)21(26(31)33-8-2)23(15(5)6)29-22(20)14(3)4/h9-15,19,29H,7-8H2,1-6H3. The molecule has 0 fully saturated rings. The number of dihydropyridines is 1. The lowest BCUT2D eigenvalue weighted by atomic mass is 9.78. The van der Waals surface area contributed by atoms with Gasteiger partial charge in [-0.25, -0.2) is 9.59 Å². The van der Waals surface area contributed by atoms with Gasteiger partial charge in [-0.15, -0.1) is 0 Å². The summed E-state index contributed by atoms with van der Waals surface area (Å²) in [6.45, 7) is 12.0. The maximum atomic E-state index is 13.3. The van der Waals surface area contributed by atoms with E-state index in [0.29, 0.717) is 16.8 Å². The Hall–Kier alpha value is -2.67. The first-order chi connectivity index (χ1) is 15.7. The number of rotatable bonds is 7. The fourth-order valence-electron chi connectivity index (χ4n) is 4.10. The number of aromatic nitrogens is 1. The van der Waals surface area contributed by atoms with Crippen LogP contribution in [0.4, 0.5) is 0 Å². The topological polar surface area (TPSA) is 77.5 Å². The smallest absolute Gasteiger partial charge is 0.336 e. The molecule has 6 nitrogen and oxygen atoms in total. The van der Waals surface area contributed by atoms with Crippen molar-refractivity contribution in [2.75, 3.05) is 13.2 Å². The van der Waals surface area contributed by atoms with Gasteiger partial charge in [-0.1, -0.05) is 45.9 Å². The molecule has 0 saturated carbocycles. The van der Waals surface area contributed by atoms with Crippen LogP contribution in [0.3, 0.4) is 0 Å². The summed E-state index contributed by atoms with van der Waals surface area (Å²) in [6.07, 6.45) is 0. The van der Waals surface area contributed by atoms with Gasteiger partial charge in [0.05, 0.1) is 41.5 Å². The Balaban J connectivity index is 2.37. The molecule has 0 spiro atoms. The number of ether oxygens (including phenoxy) is 2. The van der Waals surface area contributed by atoms with Crippen LogP contribution >= 0.6 is 15.9 Å². The number of nitrogens with zero attached hydrogens (tertiary/aromatic N) is 1. The number of hydrogen-bond donors (Lipinski definition) is 1. The van der Waals surface area contributed by atoms with Gasteiger partial charge in [-0.3, -0.25) is 4.98 Å². The van der Waals surface area contributed by atoms with Crippen LogP contribution in [-0.4, -0.2) is 30.1 Å². The van der Waals surface area contributed by atoms with E-state index in [1.165, 1.54) is 0 Å². The Morgan fingerprint density at radius 3 is 1.97 bits per heavy atom. The van der Waals surface area contributed by atoms with Crippen LogP contribution in [0.25, 0.3) is 10.9 Å². The van der Waals surface area contributed by atoms with Gasteiger partial charge in [0.15, 0.2) is 0 Å². The first kappa shape index (κ1) is 25.0. The maximum absolute atomic E-state index is 13.3. The lowest BCUT2D eigenvalue weighted by molar-refractivity contribution is -0.139. The molecular formula is C26H31BrN2O4. The van der Waals surface area contributed by atoms with Crippen molar-refractivity contribution in [2.45, 2.75) is 47.5 Å². The van der Waals surface area contributed by atoms with E-state index in [0.717, 1.165) is 26.8 Å². The van der Waals surface area contributed by atoms with Crippen molar-refractivity contribution in [3.63, 3.8) is 0 Å². The van der Waals surface area contributed by atoms with E-state index in [1.807, 2.05) is 58.0 Å². The van der Waals surface area contributed by atoms with Crippen LogP contribution in [0.1, 0.15) is 53.2 Å². The predicted octanol–water partition coefficient (Wildman–Crippen LogP) is 5.63. The monoisotopic (exact) mass is 514 g/mol. The quantitative estimate of drug-likeness (QED) is 0.482. The number of carbonyl (C=O) groups excluding carboxylic acids is 2. The third-order valence-electron chi connectivity index (χ3n) is 5.56. The minimum atomic E-state index is -0.712. The van der Waals surface area contributed by atoms with E-state index >= 15 is 0 Å². The Labute approximate surface area is 203 Å². The molecule has 0 atom stereocenters. The molecule has 0 unspecified atom stereocenters. The van der Waals surface area contributed by atoms with Gasteiger partial charge < -0.3 is 14.8 Å². The van der Waals surface area contributed by atoms with Crippen molar-refractivity contribution in [2.24, 2.45) is 11.8 Å². The van der Waals surface area contributed by atoms with Crippen LogP contribution in [0.5, 0.6) is 0 Å². The van der Waals surface area contributed by atoms with Crippen molar-refractivity contribution >= 4 is 38.8 Å². The second-order valence-electron chi connectivity index (χ2n) is 8.51. The molecule has 0 aliphatic carbocycles. The molecule has 1 aliphatic rings. The molecule has 1 N–H and O–H groups in total. The maximum Gasteiger partial charge on any atom is 0.336 e. The highest BCUT2D eigenvalue weighted by atomic mass is 79.9. The van der Waals surface area contributed by atoms with E-state index in [-0.39, 0.29) is 25.0 Å². The molecule has 1 aromatic heterocycles. The Bertz CT molecular complexity index is 1090. The Kier molecular flexibility index (Phi) is 7.95. The minimum Gasteiger partial charge on any atom is -0.463 e. The molecule has 0 amide bonds. The van der Waals surface area contributed by atoms with Crippen molar-refractivity contribution in [3.05, 3.63) is 63.0 Å². The molecule has 3 rings (SSSR count). The molecular weight excluding hydrogens is 484 g/mol. The molecule has 0 bridgehead atoms. The minimum absolute atomic E-state index is 0.00315. The van der Waals surface area contributed by atoms with Gasteiger partial charge in [0.2, 0.25) is 0 Å². The molecule has 33 heavy (non-hydrogen) atoms. The van der Waals surface area contributed by atoms with E-state index in [9.17, 15) is 9.59 Å². The van der Waals surface area contributed by atoms with Crippen molar-refractivity contribution in [3.8, 4) is 0 Å². The number of allylic oxidation sites excluding steroid dienone is 2. The molecule has 2 heterocycles. The highest BCUT2D eigenvalue weighted by molar-refractivity contribution is 9.10. The van der Waals surface area contributed by atoms with Crippen molar-refractivity contribution in [1.29, 1.82) is 0 Å². The molecule has 1 aromatic carbocycles. The number of halogens is 1. The highest BCUT2D eigenvalue weighted by Crippen LogP contribution is 2.42.